The Morgan fingerprint density at radius 3 is 2.62 bits per heavy atom. The topological polar surface area (TPSA) is 15.3 Å². The van der Waals surface area contributed by atoms with Crippen LogP contribution in [0.15, 0.2) is 24.3 Å². The first-order valence-corrected chi connectivity index (χ1v) is 6.40. The fraction of sp³-hybridized carbons (Fsp3) is 0.538. The van der Waals surface area contributed by atoms with Crippen LogP contribution in [-0.4, -0.2) is 31.1 Å². The van der Waals surface area contributed by atoms with Gasteiger partial charge in [0.05, 0.1) is 0 Å². The van der Waals surface area contributed by atoms with Crippen LogP contribution < -0.4 is 5.32 Å². The summed E-state index contributed by atoms with van der Waals surface area (Å²) in [6.45, 7) is 6.63. The molecular weight excluding hydrogens is 220 g/mol. The lowest BCUT2D eigenvalue weighted by Gasteiger charge is -2.35. The van der Waals surface area contributed by atoms with Gasteiger partial charge in [-0.15, -0.1) is 0 Å². The van der Waals surface area contributed by atoms with E-state index in [1.54, 1.807) is 0 Å². The molecule has 1 N–H and O–H groups in total. The summed E-state index contributed by atoms with van der Waals surface area (Å²) in [6.07, 6.45) is 1.11. The zero-order chi connectivity index (χ0) is 11.4. The highest BCUT2D eigenvalue weighted by Crippen LogP contribution is 2.29. The highest BCUT2D eigenvalue weighted by Gasteiger charge is 2.21. The first-order valence-electron chi connectivity index (χ1n) is 6.02. The number of hydrogen-bond donors (Lipinski definition) is 1. The average molecular weight is 239 g/mol. The van der Waals surface area contributed by atoms with E-state index in [1.807, 2.05) is 12.1 Å². The zero-order valence-corrected chi connectivity index (χ0v) is 10.5. The fourth-order valence-corrected chi connectivity index (χ4v) is 2.68. The molecule has 1 aromatic rings. The molecule has 0 spiro atoms. The number of nitrogens with zero attached hydrogens (tertiary/aromatic N) is 1. The summed E-state index contributed by atoms with van der Waals surface area (Å²) in [7, 11) is 0. The smallest absolute Gasteiger partial charge is 0.0453 e. The van der Waals surface area contributed by atoms with Crippen molar-refractivity contribution in [1.82, 2.24) is 10.2 Å². The van der Waals surface area contributed by atoms with Crippen molar-refractivity contribution in [3.05, 3.63) is 34.9 Å². The van der Waals surface area contributed by atoms with Gasteiger partial charge in [0.2, 0.25) is 0 Å². The van der Waals surface area contributed by atoms with Crippen molar-refractivity contribution >= 4 is 11.6 Å². The first-order chi connectivity index (χ1) is 7.83. The molecular formula is C13H19ClN2. The number of rotatable bonds is 3. The largest absolute Gasteiger partial charge is 0.314 e. The highest BCUT2D eigenvalue weighted by atomic mass is 35.5. The van der Waals surface area contributed by atoms with Crippen molar-refractivity contribution in [2.45, 2.75) is 19.4 Å². The van der Waals surface area contributed by atoms with Gasteiger partial charge in [-0.2, -0.15) is 0 Å². The normalized spacial score (nSPS) is 19.6. The Hall–Kier alpha value is -0.570. The van der Waals surface area contributed by atoms with E-state index < -0.39 is 0 Å². The molecule has 0 amide bonds. The van der Waals surface area contributed by atoms with Gasteiger partial charge < -0.3 is 5.32 Å². The average Bonchev–Trinajstić information content (AvgIpc) is 2.34. The maximum Gasteiger partial charge on any atom is 0.0453 e. The van der Waals surface area contributed by atoms with Crippen LogP contribution >= 0.6 is 11.6 Å². The number of nitrogens with one attached hydrogen (secondary N) is 1. The number of hydrogen-bond acceptors (Lipinski definition) is 2. The molecule has 0 unspecified atom stereocenters. The van der Waals surface area contributed by atoms with Gasteiger partial charge in [0, 0.05) is 37.2 Å². The van der Waals surface area contributed by atoms with Crippen molar-refractivity contribution < 1.29 is 0 Å². The molecule has 0 radical (unpaired) electrons. The molecule has 1 atom stereocenters. The van der Waals surface area contributed by atoms with E-state index in [1.165, 1.54) is 5.56 Å². The van der Waals surface area contributed by atoms with Crippen molar-refractivity contribution in [2.75, 3.05) is 26.2 Å². The van der Waals surface area contributed by atoms with Gasteiger partial charge in [-0.05, 0) is 18.1 Å². The SMILES string of the molecule is CC[C@H](c1ccccc1Cl)N1CCNCC1. The van der Waals surface area contributed by atoms with Crippen LogP contribution in [0.25, 0.3) is 0 Å². The third-order valence-electron chi connectivity index (χ3n) is 3.24. The van der Waals surface area contributed by atoms with E-state index in [9.17, 15) is 0 Å². The lowest BCUT2D eigenvalue weighted by atomic mass is 10.0. The molecule has 1 aliphatic rings. The second kappa shape index (κ2) is 5.67. The van der Waals surface area contributed by atoms with E-state index >= 15 is 0 Å². The molecule has 1 saturated heterocycles. The summed E-state index contributed by atoms with van der Waals surface area (Å²) < 4.78 is 0. The van der Waals surface area contributed by atoms with E-state index in [2.05, 4.69) is 29.3 Å². The summed E-state index contributed by atoms with van der Waals surface area (Å²) in [4.78, 5) is 2.53. The van der Waals surface area contributed by atoms with Crippen LogP contribution in [0.5, 0.6) is 0 Å². The number of halogens is 1. The van der Waals surface area contributed by atoms with Crippen LogP contribution in [0.1, 0.15) is 24.9 Å². The third-order valence-corrected chi connectivity index (χ3v) is 3.59. The predicted molar refractivity (Wildman–Crippen MR) is 68.9 cm³/mol. The minimum atomic E-state index is 0.468. The molecule has 0 aliphatic carbocycles. The molecule has 0 bridgehead atoms. The molecule has 0 saturated carbocycles. The summed E-state index contributed by atoms with van der Waals surface area (Å²) in [5.41, 5.74) is 1.27. The molecule has 0 aromatic heterocycles. The second-order valence-corrected chi connectivity index (χ2v) is 4.64. The summed E-state index contributed by atoms with van der Waals surface area (Å²) in [5.74, 6) is 0. The lowest BCUT2D eigenvalue weighted by molar-refractivity contribution is 0.169. The Balaban J connectivity index is 2.18. The molecule has 1 fully saturated rings. The summed E-state index contributed by atoms with van der Waals surface area (Å²) in [6, 6.07) is 8.68. The van der Waals surface area contributed by atoms with E-state index in [0.29, 0.717) is 6.04 Å². The van der Waals surface area contributed by atoms with E-state index in [0.717, 1.165) is 37.6 Å². The number of benzene rings is 1. The standard InChI is InChI=1S/C13H19ClN2/c1-2-13(16-9-7-15-8-10-16)11-5-3-4-6-12(11)14/h3-6,13,15H,2,7-10H2,1H3/t13-/m1/s1. The summed E-state index contributed by atoms with van der Waals surface area (Å²) in [5, 5.41) is 4.28. The quantitative estimate of drug-likeness (QED) is 0.871. The maximum absolute atomic E-state index is 6.27. The molecule has 1 aromatic carbocycles. The Labute approximate surface area is 103 Å². The zero-order valence-electron chi connectivity index (χ0n) is 9.75. The highest BCUT2D eigenvalue weighted by molar-refractivity contribution is 6.31. The second-order valence-electron chi connectivity index (χ2n) is 4.23. The first kappa shape index (κ1) is 11.9. The van der Waals surface area contributed by atoms with Gasteiger partial charge in [-0.25, -0.2) is 0 Å². The third kappa shape index (κ3) is 2.57. The van der Waals surface area contributed by atoms with Gasteiger partial charge in [0.15, 0.2) is 0 Å². The Bertz CT molecular complexity index is 334. The van der Waals surface area contributed by atoms with Crippen molar-refractivity contribution in [2.24, 2.45) is 0 Å². The van der Waals surface area contributed by atoms with Gasteiger partial charge in [0.25, 0.3) is 0 Å². The lowest BCUT2D eigenvalue weighted by Crippen LogP contribution is -2.45. The minimum Gasteiger partial charge on any atom is -0.314 e. The minimum absolute atomic E-state index is 0.468. The van der Waals surface area contributed by atoms with E-state index in [-0.39, 0.29) is 0 Å². The van der Waals surface area contributed by atoms with Gasteiger partial charge in [-0.3, -0.25) is 4.90 Å². The molecule has 88 valence electrons. The van der Waals surface area contributed by atoms with Crippen LogP contribution in [0.4, 0.5) is 0 Å². The summed E-state index contributed by atoms with van der Waals surface area (Å²) >= 11 is 6.27. The van der Waals surface area contributed by atoms with Crippen LogP contribution in [0.3, 0.4) is 0 Å². The van der Waals surface area contributed by atoms with Crippen LogP contribution in [-0.2, 0) is 0 Å². The molecule has 2 nitrogen and oxygen atoms in total. The van der Waals surface area contributed by atoms with E-state index in [4.69, 9.17) is 11.6 Å². The maximum atomic E-state index is 6.27. The van der Waals surface area contributed by atoms with Crippen LogP contribution in [0.2, 0.25) is 5.02 Å². The number of piperazine rings is 1. The Morgan fingerprint density at radius 2 is 2.00 bits per heavy atom. The fourth-order valence-electron chi connectivity index (χ4n) is 2.41. The van der Waals surface area contributed by atoms with Gasteiger partial charge in [-0.1, -0.05) is 36.7 Å². The molecule has 16 heavy (non-hydrogen) atoms. The van der Waals surface area contributed by atoms with Gasteiger partial charge in [0.1, 0.15) is 0 Å². The van der Waals surface area contributed by atoms with Crippen molar-refractivity contribution in [3.63, 3.8) is 0 Å². The molecule has 2 rings (SSSR count). The predicted octanol–water partition coefficient (Wildman–Crippen LogP) is 2.70. The Kier molecular flexibility index (Phi) is 4.22. The van der Waals surface area contributed by atoms with Crippen LogP contribution in [0, 0.1) is 0 Å². The van der Waals surface area contributed by atoms with Gasteiger partial charge >= 0.3 is 0 Å². The van der Waals surface area contributed by atoms with Crippen molar-refractivity contribution in [1.29, 1.82) is 0 Å². The monoisotopic (exact) mass is 238 g/mol. The molecule has 1 heterocycles. The van der Waals surface area contributed by atoms with Crippen molar-refractivity contribution in [3.8, 4) is 0 Å². The Morgan fingerprint density at radius 1 is 1.31 bits per heavy atom. The molecule has 3 heteroatoms. The molecule has 1 aliphatic heterocycles.